The quantitative estimate of drug-likeness (QED) is 0.351. The van der Waals surface area contributed by atoms with Crippen LogP contribution in [0.1, 0.15) is 17.9 Å². The van der Waals surface area contributed by atoms with Gasteiger partial charge >= 0.3 is 0 Å². The van der Waals surface area contributed by atoms with Crippen LogP contribution in [0.3, 0.4) is 0 Å². The Morgan fingerprint density at radius 3 is 2.57 bits per heavy atom. The summed E-state index contributed by atoms with van der Waals surface area (Å²) in [4.78, 5) is 12.5. The minimum atomic E-state index is -1.33. The van der Waals surface area contributed by atoms with Crippen molar-refractivity contribution in [1.82, 2.24) is 19.5 Å². The number of halogens is 1. The number of nitrogens with zero attached hydrogens (tertiary/aromatic N) is 5. The van der Waals surface area contributed by atoms with E-state index in [2.05, 4.69) is 15.0 Å². The van der Waals surface area contributed by atoms with Crippen molar-refractivity contribution in [2.75, 3.05) is 12.1 Å². The zero-order valence-corrected chi connectivity index (χ0v) is 15.5. The zero-order valence-electron chi connectivity index (χ0n) is 14.8. The Morgan fingerprint density at radius 1 is 1.18 bits per heavy atom. The molecule has 10 nitrogen and oxygen atoms in total. The van der Waals surface area contributed by atoms with Gasteiger partial charge in [0, 0.05) is 12.1 Å². The molecule has 11 heteroatoms. The number of hydrogen-bond donors (Lipinski definition) is 4. The van der Waals surface area contributed by atoms with Crippen molar-refractivity contribution < 1.29 is 20.1 Å². The molecule has 3 heterocycles. The maximum atomic E-state index is 10.6. The van der Waals surface area contributed by atoms with E-state index in [-0.39, 0.29) is 0 Å². The van der Waals surface area contributed by atoms with Crippen LogP contribution in [-0.4, -0.2) is 60.2 Å². The largest absolute Gasteiger partial charge is 0.387 e. The molecular weight excluding hydrogens is 388 g/mol. The van der Waals surface area contributed by atoms with Crippen LogP contribution in [-0.2, 0) is 4.74 Å². The normalized spacial score (nSPS) is 25.9. The van der Waals surface area contributed by atoms with Crippen LogP contribution in [0.5, 0.6) is 0 Å². The van der Waals surface area contributed by atoms with Crippen LogP contribution in [0.15, 0.2) is 36.9 Å². The van der Waals surface area contributed by atoms with Crippen LogP contribution in [0, 0.1) is 0 Å². The van der Waals surface area contributed by atoms with E-state index in [0.29, 0.717) is 27.6 Å². The number of rotatable bonds is 4. The van der Waals surface area contributed by atoms with Gasteiger partial charge in [-0.3, -0.25) is 9.58 Å². The number of benzene rings is 1. The van der Waals surface area contributed by atoms with Gasteiger partial charge in [0.05, 0.1) is 6.33 Å². The zero-order chi connectivity index (χ0) is 20.0. The lowest BCUT2D eigenvalue weighted by Gasteiger charge is -2.21. The average molecular weight is 407 g/mol. The third-order valence-corrected chi connectivity index (χ3v) is 5.00. The maximum Gasteiger partial charge on any atom is 0.174 e. The molecule has 2 aromatic heterocycles. The number of fused-ring (bicyclic) bond motifs is 1. The van der Waals surface area contributed by atoms with Crippen LogP contribution >= 0.6 is 11.6 Å². The number of imidazole rings is 1. The maximum absolute atomic E-state index is 10.6. The molecule has 0 spiro atoms. The Balaban J connectivity index is 1.66. The van der Waals surface area contributed by atoms with Gasteiger partial charge in [-0.1, -0.05) is 23.7 Å². The van der Waals surface area contributed by atoms with E-state index < -0.39 is 30.6 Å². The van der Waals surface area contributed by atoms with Gasteiger partial charge in [0.15, 0.2) is 23.2 Å². The highest BCUT2D eigenvalue weighted by Gasteiger charge is 2.47. The molecule has 3 aromatic rings. The van der Waals surface area contributed by atoms with Crippen LogP contribution < -0.4 is 10.9 Å². The summed E-state index contributed by atoms with van der Waals surface area (Å²) in [6.07, 6.45) is -3.12. The summed E-state index contributed by atoms with van der Waals surface area (Å²) < 4.78 is 7.30. The van der Waals surface area contributed by atoms with E-state index >= 15 is 0 Å². The Morgan fingerprint density at radius 2 is 1.89 bits per heavy atom. The first-order valence-corrected chi connectivity index (χ1v) is 8.87. The summed E-state index contributed by atoms with van der Waals surface area (Å²) in [6.45, 7) is 0. The number of nitrogens with two attached hydrogens (primary N) is 1. The molecule has 0 unspecified atom stereocenters. The summed E-state index contributed by atoms with van der Waals surface area (Å²) >= 11 is 5.87. The minimum Gasteiger partial charge on any atom is -0.387 e. The third-order valence-electron chi connectivity index (χ3n) is 4.75. The predicted octanol–water partition coefficient (Wildman–Crippen LogP) is 0.142. The van der Waals surface area contributed by atoms with E-state index in [1.807, 2.05) is 0 Å². The number of aromatic nitrogens is 4. The van der Waals surface area contributed by atoms with Crippen LogP contribution in [0.25, 0.3) is 11.2 Å². The van der Waals surface area contributed by atoms with Crippen molar-refractivity contribution in [3.05, 3.63) is 47.5 Å². The average Bonchev–Trinajstić information content (AvgIpc) is 3.23. The van der Waals surface area contributed by atoms with E-state index in [0.717, 1.165) is 0 Å². The third kappa shape index (κ3) is 3.09. The molecule has 0 radical (unpaired) electrons. The first-order valence-electron chi connectivity index (χ1n) is 8.49. The van der Waals surface area contributed by atoms with Gasteiger partial charge < -0.3 is 20.1 Å². The Hall–Kier alpha value is -2.34. The summed E-state index contributed by atoms with van der Waals surface area (Å²) in [5, 5.41) is 33.5. The Labute approximate surface area is 164 Å². The van der Waals surface area contributed by atoms with Crippen molar-refractivity contribution in [2.45, 2.75) is 30.6 Å². The molecule has 4 rings (SSSR count). The number of hydrazine groups is 1. The topological polar surface area (TPSA) is 143 Å². The van der Waals surface area contributed by atoms with Crippen LogP contribution in [0.4, 0.5) is 5.82 Å². The fourth-order valence-corrected chi connectivity index (χ4v) is 3.44. The second-order valence-corrected chi connectivity index (χ2v) is 7.04. The molecule has 1 fully saturated rings. The van der Waals surface area contributed by atoms with E-state index in [1.165, 1.54) is 22.2 Å². The molecular formula is C17H19ClN6O4. The summed E-state index contributed by atoms with van der Waals surface area (Å²) in [5.41, 5.74) is 1.30. The molecule has 28 heavy (non-hydrogen) atoms. The van der Waals surface area contributed by atoms with Crippen molar-refractivity contribution in [3.63, 3.8) is 0 Å². The van der Waals surface area contributed by atoms with Gasteiger partial charge in [0.2, 0.25) is 0 Å². The fourth-order valence-electron chi connectivity index (χ4n) is 3.31. The van der Waals surface area contributed by atoms with Gasteiger partial charge in [0.25, 0.3) is 0 Å². The summed E-state index contributed by atoms with van der Waals surface area (Å²) in [5.74, 6) is 6.16. The lowest BCUT2D eigenvalue weighted by atomic mass is 9.99. The monoisotopic (exact) mass is 406 g/mol. The fraction of sp³-hybridized carbons (Fsp3) is 0.353. The highest BCUT2D eigenvalue weighted by atomic mass is 35.5. The molecule has 1 aliphatic rings. The van der Waals surface area contributed by atoms with Crippen molar-refractivity contribution in [1.29, 1.82) is 0 Å². The minimum absolute atomic E-state index is 0.375. The van der Waals surface area contributed by atoms with E-state index in [1.54, 1.807) is 31.3 Å². The van der Waals surface area contributed by atoms with Gasteiger partial charge in [-0.15, -0.1) is 0 Å². The van der Waals surface area contributed by atoms with Crippen LogP contribution in [0.2, 0.25) is 5.02 Å². The van der Waals surface area contributed by atoms with E-state index in [9.17, 15) is 15.3 Å². The summed E-state index contributed by atoms with van der Waals surface area (Å²) in [7, 11) is 1.62. The number of anilines is 1. The molecule has 1 aromatic carbocycles. The van der Waals surface area contributed by atoms with Gasteiger partial charge in [-0.05, 0) is 17.7 Å². The SMILES string of the molecule is CN(N)c1ncnc2c1ncn2[C@@H]1O[C@H]([C@H](O)c2ccc(Cl)cc2)[C@@H](O)[C@H]1O. The molecule has 0 aliphatic carbocycles. The molecule has 1 aliphatic heterocycles. The lowest BCUT2D eigenvalue weighted by molar-refractivity contribution is -0.0849. The Bertz CT molecular complexity index is 981. The van der Waals surface area contributed by atoms with Crippen molar-refractivity contribution in [2.24, 2.45) is 5.84 Å². The smallest absolute Gasteiger partial charge is 0.174 e. The number of aliphatic hydroxyl groups is 3. The first-order chi connectivity index (χ1) is 13.4. The highest BCUT2D eigenvalue weighted by Crippen LogP contribution is 2.37. The highest BCUT2D eigenvalue weighted by molar-refractivity contribution is 6.30. The second kappa shape index (κ2) is 7.24. The molecule has 0 bridgehead atoms. The number of aliphatic hydroxyl groups excluding tert-OH is 3. The van der Waals surface area contributed by atoms with Gasteiger partial charge in [0.1, 0.15) is 30.7 Å². The lowest BCUT2D eigenvalue weighted by Crippen LogP contribution is -2.34. The molecule has 1 saturated heterocycles. The number of hydrogen-bond acceptors (Lipinski definition) is 9. The van der Waals surface area contributed by atoms with Gasteiger partial charge in [-0.25, -0.2) is 20.8 Å². The Kier molecular flexibility index (Phi) is 4.91. The number of ether oxygens (including phenoxy) is 1. The predicted molar refractivity (Wildman–Crippen MR) is 100 cm³/mol. The molecule has 0 amide bonds. The molecule has 148 valence electrons. The van der Waals surface area contributed by atoms with Gasteiger partial charge in [-0.2, -0.15) is 0 Å². The van der Waals surface area contributed by atoms with E-state index in [4.69, 9.17) is 22.2 Å². The van der Waals surface area contributed by atoms with Crippen molar-refractivity contribution >= 4 is 28.6 Å². The molecule has 5 N–H and O–H groups in total. The molecule has 5 atom stereocenters. The summed E-state index contributed by atoms with van der Waals surface area (Å²) in [6, 6.07) is 6.51. The first kappa shape index (κ1) is 19.0. The van der Waals surface area contributed by atoms with Crippen molar-refractivity contribution in [3.8, 4) is 0 Å². The standard InChI is InChI=1S/C17H19ClN6O4/c1-23(19)15-10-16(21-6-20-15)24(7-22-10)17-13(27)12(26)14(28-17)11(25)8-2-4-9(18)5-3-8/h2-7,11-14,17,25-27H,19H2,1H3/t11-,12+,13-,14-,17-/m1/s1. The molecule has 0 saturated carbocycles. The second-order valence-electron chi connectivity index (χ2n) is 6.60.